The number of ether oxygens (including phenoxy) is 1. The smallest absolute Gasteiger partial charge is 0.233 e. The first-order valence-corrected chi connectivity index (χ1v) is 9.00. The lowest BCUT2D eigenvalue weighted by Gasteiger charge is -2.26. The molecule has 0 amide bonds. The second-order valence-electron chi connectivity index (χ2n) is 7.37. The molecular formula is C20H28O6. The summed E-state index contributed by atoms with van der Waals surface area (Å²) in [6, 6.07) is 0. The number of carbonyl (C=O) groups excluding carboxylic acids is 2. The molecule has 0 aromatic heterocycles. The van der Waals surface area contributed by atoms with E-state index in [1.807, 2.05) is 26.8 Å². The fourth-order valence-electron chi connectivity index (χ4n) is 3.54. The first-order chi connectivity index (χ1) is 12.2. The zero-order valence-corrected chi connectivity index (χ0v) is 15.8. The summed E-state index contributed by atoms with van der Waals surface area (Å²) in [5.41, 5.74) is 1.68. The van der Waals surface area contributed by atoms with Crippen molar-refractivity contribution in [1.29, 1.82) is 0 Å². The standard InChI is InChI=1S/C20H28O6/c1-10(2)6-5-7-11(3)16-19(24)17(12(4)18(23)20(16)25)14-8-13(22)15(9-21)26-14/h6,11,13-15,21-22,24H,5,7-9H2,1-4H3/t11-,13+,14?,15-/m1/s1. The van der Waals surface area contributed by atoms with Gasteiger partial charge in [-0.2, -0.15) is 0 Å². The summed E-state index contributed by atoms with van der Waals surface area (Å²) in [4.78, 5) is 24.9. The summed E-state index contributed by atoms with van der Waals surface area (Å²) in [5, 5.41) is 30.0. The van der Waals surface area contributed by atoms with Crippen molar-refractivity contribution < 1.29 is 29.6 Å². The highest BCUT2D eigenvalue weighted by Gasteiger charge is 2.43. The van der Waals surface area contributed by atoms with Crippen LogP contribution in [0.5, 0.6) is 0 Å². The molecule has 144 valence electrons. The summed E-state index contributed by atoms with van der Waals surface area (Å²) in [6.07, 6.45) is 1.20. The highest BCUT2D eigenvalue weighted by molar-refractivity contribution is 6.50. The molecule has 0 aromatic rings. The molecule has 3 N–H and O–H groups in total. The quantitative estimate of drug-likeness (QED) is 0.379. The number of carbonyl (C=O) groups is 2. The average molecular weight is 364 g/mol. The van der Waals surface area contributed by atoms with E-state index in [0.29, 0.717) is 6.42 Å². The van der Waals surface area contributed by atoms with Gasteiger partial charge in [0.15, 0.2) is 0 Å². The Bertz CT molecular complexity index is 680. The number of allylic oxidation sites excluding steroid dienone is 4. The van der Waals surface area contributed by atoms with Crippen molar-refractivity contribution in [3.8, 4) is 0 Å². The molecule has 1 aliphatic carbocycles. The van der Waals surface area contributed by atoms with Gasteiger partial charge < -0.3 is 20.1 Å². The number of aliphatic hydroxyl groups excluding tert-OH is 3. The van der Waals surface area contributed by atoms with Gasteiger partial charge in [0, 0.05) is 23.1 Å². The van der Waals surface area contributed by atoms with Crippen molar-refractivity contribution in [3.05, 3.63) is 34.1 Å². The number of aliphatic hydroxyl groups is 3. The molecule has 6 nitrogen and oxygen atoms in total. The van der Waals surface area contributed by atoms with Crippen molar-refractivity contribution in [3.63, 3.8) is 0 Å². The number of hydrogen-bond acceptors (Lipinski definition) is 6. The molecule has 2 aliphatic rings. The molecule has 1 heterocycles. The summed E-state index contributed by atoms with van der Waals surface area (Å²) < 4.78 is 5.60. The fraction of sp³-hybridized carbons (Fsp3) is 0.600. The van der Waals surface area contributed by atoms with Gasteiger partial charge in [-0.05, 0) is 39.5 Å². The Balaban J connectivity index is 2.35. The summed E-state index contributed by atoms with van der Waals surface area (Å²) in [6.45, 7) is 6.92. The minimum absolute atomic E-state index is 0.114. The highest BCUT2D eigenvalue weighted by atomic mass is 16.5. The summed E-state index contributed by atoms with van der Waals surface area (Å²) in [7, 11) is 0. The van der Waals surface area contributed by atoms with E-state index in [1.54, 1.807) is 0 Å². The lowest BCUT2D eigenvalue weighted by molar-refractivity contribution is -0.132. The predicted molar refractivity (Wildman–Crippen MR) is 96.6 cm³/mol. The monoisotopic (exact) mass is 364 g/mol. The van der Waals surface area contributed by atoms with Gasteiger partial charge >= 0.3 is 0 Å². The van der Waals surface area contributed by atoms with Crippen LogP contribution in [0.25, 0.3) is 0 Å². The molecule has 0 bridgehead atoms. The van der Waals surface area contributed by atoms with Crippen LogP contribution in [-0.2, 0) is 14.3 Å². The molecule has 1 saturated heterocycles. The van der Waals surface area contributed by atoms with Crippen LogP contribution >= 0.6 is 0 Å². The molecule has 2 rings (SSSR count). The number of Topliss-reactive ketones (excluding diaryl/α,β-unsaturated/α-hetero) is 2. The zero-order chi connectivity index (χ0) is 19.6. The van der Waals surface area contributed by atoms with Crippen LogP contribution in [0.3, 0.4) is 0 Å². The van der Waals surface area contributed by atoms with Crippen LogP contribution in [0.4, 0.5) is 0 Å². The maximum absolute atomic E-state index is 12.5. The van der Waals surface area contributed by atoms with Gasteiger partial charge in [0.05, 0.1) is 18.8 Å². The van der Waals surface area contributed by atoms with E-state index in [-0.39, 0.29) is 41.4 Å². The Morgan fingerprint density at radius 1 is 1.31 bits per heavy atom. The molecule has 1 aliphatic heterocycles. The van der Waals surface area contributed by atoms with E-state index >= 15 is 0 Å². The van der Waals surface area contributed by atoms with Crippen molar-refractivity contribution in [2.45, 2.75) is 65.3 Å². The Labute approximate surface area is 153 Å². The van der Waals surface area contributed by atoms with Crippen LogP contribution in [0, 0.1) is 5.92 Å². The van der Waals surface area contributed by atoms with Gasteiger partial charge in [-0.3, -0.25) is 9.59 Å². The molecule has 1 fully saturated rings. The molecule has 26 heavy (non-hydrogen) atoms. The van der Waals surface area contributed by atoms with Gasteiger partial charge in [0.2, 0.25) is 11.6 Å². The Kier molecular flexibility index (Phi) is 6.55. The first kappa shape index (κ1) is 20.6. The fourth-order valence-corrected chi connectivity index (χ4v) is 3.54. The van der Waals surface area contributed by atoms with Crippen molar-refractivity contribution in [2.75, 3.05) is 6.61 Å². The molecule has 6 heteroatoms. The first-order valence-electron chi connectivity index (χ1n) is 9.00. The van der Waals surface area contributed by atoms with Crippen LogP contribution < -0.4 is 0 Å². The summed E-state index contributed by atoms with van der Waals surface area (Å²) in [5.74, 6) is -1.82. The molecule has 0 saturated carbocycles. The lowest BCUT2D eigenvalue weighted by Crippen LogP contribution is -2.32. The van der Waals surface area contributed by atoms with E-state index in [1.165, 1.54) is 12.5 Å². The third kappa shape index (κ3) is 3.98. The van der Waals surface area contributed by atoms with E-state index in [9.17, 15) is 24.9 Å². The normalized spacial score (nSPS) is 28.0. The third-order valence-electron chi connectivity index (χ3n) is 5.08. The van der Waals surface area contributed by atoms with Gasteiger partial charge in [0.25, 0.3) is 0 Å². The number of hydrogen-bond donors (Lipinski definition) is 3. The number of ketones is 2. The van der Waals surface area contributed by atoms with Crippen molar-refractivity contribution >= 4 is 11.6 Å². The summed E-state index contributed by atoms with van der Waals surface area (Å²) >= 11 is 0. The van der Waals surface area contributed by atoms with Crippen LogP contribution in [-0.4, -0.2) is 51.8 Å². The van der Waals surface area contributed by atoms with E-state index in [4.69, 9.17) is 4.74 Å². The second-order valence-corrected chi connectivity index (χ2v) is 7.37. The molecule has 0 aromatic carbocycles. The Hall–Kier alpha value is -1.76. The van der Waals surface area contributed by atoms with Gasteiger partial charge in [-0.1, -0.05) is 18.6 Å². The molecule has 1 unspecified atom stereocenters. The van der Waals surface area contributed by atoms with Crippen molar-refractivity contribution in [1.82, 2.24) is 0 Å². The molecular weight excluding hydrogens is 336 g/mol. The van der Waals surface area contributed by atoms with E-state index in [2.05, 4.69) is 0 Å². The zero-order valence-electron chi connectivity index (χ0n) is 15.8. The minimum atomic E-state index is -0.885. The second kappa shape index (κ2) is 8.29. The molecule has 4 atom stereocenters. The highest BCUT2D eigenvalue weighted by Crippen LogP contribution is 2.37. The molecule has 0 spiro atoms. The van der Waals surface area contributed by atoms with Crippen LogP contribution in [0.1, 0.15) is 47.0 Å². The van der Waals surface area contributed by atoms with E-state index < -0.39 is 29.9 Å². The maximum Gasteiger partial charge on any atom is 0.233 e. The molecule has 0 radical (unpaired) electrons. The van der Waals surface area contributed by atoms with Crippen molar-refractivity contribution in [2.24, 2.45) is 5.92 Å². The minimum Gasteiger partial charge on any atom is -0.507 e. The topological polar surface area (TPSA) is 104 Å². The SMILES string of the molecule is CC(C)=CCC[C@@H](C)C1=C(O)C(C2C[C@H](O)[C@@H](CO)O2)=C(C)C(=O)C1=O. The largest absolute Gasteiger partial charge is 0.507 e. The predicted octanol–water partition coefficient (Wildman–Crippen LogP) is 2.16. The van der Waals surface area contributed by atoms with E-state index in [0.717, 1.165) is 6.42 Å². The van der Waals surface area contributed by atoms with Crippen LogP contribution in [0.2, 0.25) is 0 Å². The Morgan fingerprint density at radius 2 is 1.96 bits per heavy atom. The maximum atomic E-state index is 12.5. The lowest BCUT2D eigenvalue weighted by atomic mass is 9.80. The number of rotatable bonds is 6. The van der Waals surface area contributed by atoms with Gasteiger partial charge in [0.1, 0.15) is 11.9 Å². The Morgan fingerprint density at radius 3 is 2.50 bits per heavy atom. The van der Waals surface area contributed by atoms with Gasteiger partial charge in [-0.15, -0.1) is 0 Å². The van der Waals surface area contributed by atoms with Gasteiger partial charge in [-0.25, -0.2) is 0 Å². The third-order valence-corrected chi connectivity index (χ3v) is 5.08. The average Bonchev–Trinajstić information content (AvgIpc) is 2.93. The van der Waals surface area contributed by atoms with Crippen LogP contribution in [0.15, 0.2) is 34.1 Å².